The van der Waals surface area contributed by atoms with Gasteiger partial charge in [0.05, 0.1) is 0 Å². The molecule has 0 heterocycles. The maximum Gasteiger partial charge on any atom is 0.322 e. The Morgan fingerprint density at radius 3 is 2.33 bits per heavy atom. The summed E-state index contributed by atoms with van der Waals surface area (Å²) in [6.45, 7) is 1.78. The third kappa shape index (κ3) is 2.43. The minimum absolute atomic E-state index is 0.530. The van der Waals surface area contributed by atoms with E-state index in [0.717, 1.165) is 0 Å². The number of rotatable bonds is 3. The topological polar surface area (TPSA) is 66.6 Å². The first-order valence-electron chi connectivity index (χ1n) is 2.80. The summed E-state index contributed by atoms with van der Waals surface area (Å²) in [5, 5.41) is 9.62. The second-order valence-electron chi connectivity index (χ2n) is 1.93. The predicted molar refractivity (Wildman–Crippen MR) is 33.7 cm³/mol. The van der Waals surface area contributed by atoms with Gasteiger partial charge in [0.1, 0.15) is 6.04 Å². The monoisotopic (exact) mass is 132 g/mol. The fraction of sp³-hybridized carbons (Fsp3) is 0.800. The molecule has 0 aliphatic rings. The first-order chi connectivity index (χ1) is 4.09. The number of hydrogen-bond donors (Lipinski definition) is 2. The Bertz CT molecular complexity index is 103. The Balaban J connectivity index is 3.83. The van der Waals surface area contributed by atoms with Gasteiger partial charge < -0.3 is 5.11 Å². The molecule has 0 aromatic rings. The molecule has 4 heteroatoms. The lowest BCUT2D eigenvalue weighted by Crippen LogP contribution is -2.42. The molecule has 0 bridgehead atoms. The maximum atomic E-state index is 10.3. The van der Waals surface area contributed by atoms with E-state index < -0.39 is 12.0 Å². The SMILES string of the molecule is CCC(C(=O)O)N(C)N. The van der Waals surface area contributed by atoms with Gasteiger partial charge in [0.25, 0.3) is 0 Å². The number of likely N-dealkylation sites (N-methyl/N-ethyl adjacent to an activating group) is 1. The van der Waals surface area contributed by atoms with E-state index in [4.69, 9.17) is 10.9 Å². The Labute approximate surface area is 54.2 Å². The highest BCUT2D eigenvalue weighted by atomic mass is 16.4. The average molecular weight is 132 g/mol. The molecule has 0 saturated heterocycles. The molecule has 0 aliphatic carbocycles. The standard InChI is InChI=1S/C5H12N2O2/c1-3-4(5(8)9)7(2)6/h4H,3,6H2,1-2H3,(H,8,9). The van der Waals surface area contributed by atoms with Crippen LogP contribution in [0, 0.1) is 0 Å². The number of hydrazine groups is 1. The van der Waals surface area contributed by atoms with Crippen LogP contribution in [0.2, 0.25) is 0 Å². The highest BCUT2D eigenvalue weighted by Crippen LogP contribution is 1.94. The molecule has 0 amide bonds. The quantitative estimate of drug-likeness (QED) is 0.407. The third-order valence-electron chi connectivity index (χ3n) is 1.16. The summed E-state index contributed by atoms with van der Waals surface area (Å²) in [4.78, 5) is 10.3. The van der Waals surface area contributed by atoms with Crippen molar-refractivity contribution in [3.8, 4) is 0 Å². The maximum absolute atomic E-state index is 10.3. The summed E-state index contributed by atoms with van der Waals surface area (Å²) >= 11 is 0. The van der Waals surface area contributed by atoms with E-state index in [1.807, 2.05) is 0 Å². The van der Waals surface area contributed by atoms with Gasteiger partial charge >= 0.3 is 5.97 Å². The van der Waals surface area contributed by atoms with Gasteiger partial charge in [-0.1, -0.05) is 6.92 Å². The van der Waals surface area contributed by atoms with Crippen LogP contribution in [-0.4, -0.2) is 29.2 Å². The number of nitrogens with zero attached hydrogens (tertiary/aromatic N) is 1. The smallest absolute Gasteiger partial charge is 0.322 e. The van der Waals surface area contributed by atoms with Crippen LogP contribution in [0.3, 0.4) is 0 Å². The minimum Gasteiger partial charge on any atom is -0.480 e. The van der Waals surface area contributed by atoms with Crippen LogP contribution in [0.4, 0.5) is 0 Å². The summed E-state index contributed by atoms with van der Waals surface area (Å²) in [5.74, 6) is 4.33. The normalized spacial score (nSPS) is 13.8. The molecule has 0 saturated carbocycles. The molecular formula is C5H12N2O2. The lowest BCUT2D eigenvalue weighted by Gasteiger charge is -2.16. The fourth-order valence-electron chi connectivity index (χ4n) is 0.637. The summed E-state index contributed by atoms with van der Waals surface area (Å²) < 4.78 is 0. The number of carbonyl (C=O) groups is 1. The molecule has 0 fully saturated rings. The molecule has 3 N–H and O–H groups in total. The van der Waals surface area contributed by atoms with E-state index in [2.05, 4.69) is 0 Å². The Morgan fingerprint density at radius 2 is 2.33 bits per heavy atom. The van der Waals surface area contributed by atoms with Gasteiger partial charge in [-0.3, -0.25) is 10.6 Å². The largest absolute Gasteiger partial charge is 0.480 e. The van der Waals surface area contributed by atoms with Crippen molar-refractivity contribution in [1.82, 2.24) is 5.01 Å². The van der Waals surface area contributed by atoms with Crippen molar-refractivity contribution in [2.24, 2.45) is 5.84 Å². The summed E-state index contributed by atoms with van der Waals surface area (Å²) in [5.41, 5.74) is 0. The van der Waals surface area contributed by atoms with E-state index >= 15 is 0 Å². The number of nitrogens with two attached hydrogens (primary N) is 1. The Hall–Kier alpha value is -0.610. The van der Waals surface area contributed by atoms with Crippen molar-refractivity contribution in [2.45, 2.75) is 19.4 Å². The first kappa shape index (κ1) is 8.39. The molecule has 1 atom stereocenters. The molecule has 0 rings (SSSR count). The van der Waals surface area contributed by atoms with Crippen LogP contribution >= 0.6 is 0 Å². The Morgan fingerprint density at radius 1 is 1.89 bits per heavy atom. The molecule has 9 heavy (non-hydrogen) atoms. The number of carboxylic acid groups (broad SMARTS) is 1. The van der Waals surface area contributed by atoms with Crippen molar-refractivity contribution in [3.63, 3.8) is 0 Å². The van der Waals surface area contributed by atoms with Crippen LogP contribution in [0.15, 0.2) is 0 Å². The zero-order valence-electron chi connectivity index (χ0n) is 5.66. The molecule has 4 nitrogen and oxygen atoms in total. The van der Waals surface area contributed by atoms with Gasteiger partial charge in [-0.25, -0.2) is 5.01 Å². The van der Waals surface area contributed by atoms with Gasteiger partial charge in [0.2, 0.25) is 0 Å². The summed E-state index contributed by atoms with van der Waals surface area (Å²) in [7, 11) is 1.54. The highest BCUT2D eigenvalue weighted by Gasteiger charge is 2.16. The minimum atomic E-state index is -0.873. The van der Waals surface area contributed by atoms with Crippen molar-refractivity contribution in [1.29, 1.82) is 0 Å². The van der Waals surface area contributed by atoms with E-state index in [-0.39, 0.29) is 0 Å². The average Bonchev–Trinajstić information content (AvgIpc) is 1.64. The van der Waals surface area contributed by atoms with Crippen LogP contribution in [0.1, 0.15) is 13.3 Å². The fourth-order valence-corrected chi connectivity index (χ4v) is 0.637. The zero-order valence-corrected chi connectivity index (χ0v) is 5.66. The molecule has 54 valence electrons. The van der Waals surface area contributed by atoms with E-state index in [1.165, 1.54) is 5.01 Å². The molecule has 0 aliphatic heterocycles. The molecular weight excluding hydrogens is 120 g/mol. The number of aliphatic carboxylic acids is 1. The van der Waals surface area contributed by atoms with Gasteiger partial charge in [0.15, 0.2) is 0 Å². The van der Waals surface area contributed by atoms with Gasteiger partial charge in [-0.05, 0) is 6.42 Å². The first-order valence-corrected chi connectivity index (χ1v) is 2.80. The van der Waals surface area contributed by atoms with Gasteiger partial charge in [0, 0.05) is 7.05 Å². The highest BCUT2D eigenvalue weighted by molar-refractivity contribution is 5.73. The number of hydrogen-bond acceptors (Lipinski definition) is 3. The third-order valence-corrected chi connectivity index (χ3v) is 1.16. The molecule has 0 aromatic carbocycles. The van der Waals surface area contributed by atoms with Crippen molar-refractivity contribution >= 4 is 5.97 Å². The lowest BCUT2D eigenvalue weighted by molar-refractivity contribution is -0.142. The predicted octanol–water partition coefficient (Wildman–Crippen LogP) is -0.345. The van der Waals surface area contributed by atoms with Gasteiger partial charge in [-0.2, -0.15) is 0 Å². The lowest BCUT2D eigenvalue weighted by atomic mass is 10.2. The van der Waals surface area contributed by atoms with Crippen molar-refractivity contribution in [3.05, 3.63) is 0 Å². The van der Waals surface area contributed by atoms with Crippen LogP contribution < -0.4 is 5.84 Å². The van der Waals surface area contributed by atoms with E-state index in [9.17, 15) is 4.79 Å². The van der Waals surface area contributed by atoms with E-state index in [1.54, 1.807) is 14.0 Å². The van der Waals surface area contributed by atoms with Crippen molar-refractivity contribution < 1.29 is 9.90 Å². The molecule has 0 aromatic heterocycles. The zero-order chi connectivity index (χ0) is 7.44. The van der Waals surface area contributed by atoms with Crippen LogP contribution in [0.25, 0.3) is 0 Å². The number of carboxylic acids is 1. The second kappa shape index (κ2) is 3.42. The van der Waals surface area contributed by atoms with Crippen LogP contribution in [0.5, 0.6) is 0 Å². The van der Waals surface area contributed by atoms with Crippen molar-refractivity contribution in [2.75, 3.05) is 7.05 Å². The Kier molecular flexibility index (Phi) is 3.19. The van der Waals surface area contributed by atoms with E-state index in [0.29, 0.717) is 6.42 Å². The summed E-state index contributed by atoms with van der Waals surface area (Å²) in [6, 6.07) is -0.551. The second-order valence-corrected chi connectivity index (χ2v) is 1.93. The van der Waals surface area contributed by atoms with Gasteiger partial charge in [-0.15, -0.1) is 0 Å². The molecule has 0 radical (unpaired) electrons. The van der Waals surface area contributed by atoms with Crippen LogP contribution in [-0.2, 0) is 4.79 Å². The molecule has 1 unspecified atom stereocenters. The summed E-state index contributed by atoms with van der Waals surface area (Å²) in [6.07, 6.45) is 0.530. The molecule has 0 spiro atoms.